The van der Waals surface area contributed by atoms with Crippen molar-refractivity contribution in [2.24, 2.45) is 5.92 Å². The van der Waals surface area contributed by atoms with Crippen molar-refractivity contribution in [1.82, 2.24) is 5.32 Å². The molecular formula is C16H25NO4S. The topological polar surface area (TPSA) is 86.6 Å². The number of aryl methyl sites for hydroxylation is 1. The number of carboxylic acid groups (broad SMARTS) is 1. The zero-order valence-electron chi connectivity index (χ0n) is 13.0. The lowest BCUT2D eigenvalue weighted by atomic mass is 9.98. The molecule has 0 aliphatic rings. The van der Waals surface area contributed by atoms with E-state index >= 15 is 0 Å². The second-order valence-electron chi connectivity index (χ2n) is 4.93. The first-order valence-corrected chi connectivity index (χ1v) is 7.81. The number of carbonyl (C=O) groups is 2. The van der Waals surface area contributed by atoms with Gasteiger partial charge in [0.05, 0.1) is 12.0 Å². The van der Waals surface area contributed by atoms with Crippen LogP contribution in [-0.2, 0) is 16.0 Å². The summed E-state index contributed by atoms with van der Waals surface area (Å²) < 4.78 is 0. The van der Waals surface area contributed by atoms with Gasteiger partial charge in [0.15, 0.2) is 0 Å². The fourth-order valence-corrected chi connectivity index (χ4v) is 1.72. The van der Waals surface area contributed by atoms with E-state index in [1.165, 1.54) is 13.8 Å². The maximum Gasteiger partial charge on any atom is 0.308 e. The van der Waals surface area contributed by atoms with E-state index in [1.54, 1.807) is 0 Å². The van der Waals surface area contributed by atoms with Gasteiger partial charge in [-0.3, -0.25) is 9.59 Å². The van der Waals surface area contributed by atoms with Crippen molar-refractivity contribution >= 4 is 24.5 Å². The summed E-state index contributed by atoms with van der Waals surface area (Å²) in [5.74, 6) is -0.933. The number of aliphatic carboxylic acids is 1. The molecule has 1 aromatic rings. The number of thiol groups is 1. The quantitative estimate of drug-likeness (QED) is 0.575. The molecular weight excluding hydrogens is 302 g/mol. The standard InChI is InChI=1S/C12H16O3.C4H9NOS/c1-9(12(14)15)11(13)8-7-10-5-3-2-4-6-10;1-4(6)5-2-3-7/h2-6,9,11,13H,7-8H2,1H3,(H,14,15);7H,2-3H2,1H3,(H,5,6). The highest BCUT2D eigenvalue weighted by Crippen LogP contribution is 2.11. The highest BCUT2D eigenvalue weighted by atomic mass is 32.1. The van der Waals surface area contributed by atoms with E-state index in [4.69, 9.17) is 5.11 Å². The number of aliphatic hydroxyl groups excluding tert-OH is 1. The predicted molar refractivity (Wildman–Crippen MR) is 90.1 cm³/mol. The number of hydrogen-bond acceptors (Lipinski definition) is 4. The molecule has 2 atom stereocenters. The molecule has 1 amide bonds. The number of amides is 1. The van der Waals surface area contributed by atoms with Gasteiger partial charge in [0.2, 0.25) is 5.91 Å². The van der Waals surface area contributed by atoms with Crippen molar-refractivity contribution in [2.75, 3.05) is 12.3 Å². The molecule has 1 aromatic carbocycles. The van der Waals surface area contributed by atoms with Crippen molar-refractivity contribution in [3.63, 3.8) is 0 Å². The number of carbonyl (C=O) groups excluding carboxylic acids is 1. The molecule has 2 unspecified atom stereocenters. The summed E-state index contributed by atoms with van der Waals surface area (Å²) in [5.41, 5.74) is 1.12. The van der Waals surface area contributed by atoms with Crippen LogP contribution in [-0.4, -0.2) is 40.5 Å². The molecule has 0 aliphatic heterocycles. The summed E-state index contributed by atoms with van der Waals surface area (Å²) in [6.45, 7) is 3.68. The molecule has 0 saturated carbocycles. The van der Waals surface area contributed by atoms with E-state index in [2.05, 4.69) is 17.9 Å². The molecule has 0 saturated heterocycles. The van der Waals surface area contributed by atoms with Crippen molar-refractivity contribution in [3.8, 4) is 0 Å². The summed E-state index contributed by atoms with van der Waals surface area (Å²) in [7, 11) is 0. The molecule has 0 fully saturated rings. The SMILES string of the molecule is CC(=O)NCCS.CC(C(=O)O)C(O)CCc1ccccc1. The summed E-state index contributed by atoms with van der Waals surface area (Å²) in [6, 6.07) is 9.74. The van der Waals surface area contributed by atoms with Gasteiger partial charge in [-0.05, 0) is 25.3 Å². The van der Waals surface area contributed by atoms with Crippen LogP contribution in [0, 0.1) is 5.92 Å². The van der Waals surface area contributed by atoms with Gasteiger partial charge >= 0.3 is 5.97 Å². The minimum Gasteiger partial charge on any atom is -0.481 e. The Labute approximate surface area is 137 Å². The van der Waals surface area contributed by atoms with Crippen molar-refractivity contribution in [3.05, 3.63) is 35.9 Å². The molecule has 22 heavy (non-hydrogen) atoms. The van der Waals surface area contributed by atoms with Gasteiger partial charge < -0.3 is 15.5 Å². The lowest BCUT2D eigenvalue weighted by Gasteiger charge is -2.14. The molecule has 0 bridgehead atoms. The van der Waals surface area contributed by atoms with Crippen LogP contribution in [0.25, 0.3) is 0 Å². The third kappa shape index (κ3) is 10.2. The van der Waals surface area contributed by atoms with Gasteiger partial charge in [-0.15, -0.1) is 0 Å². The second kappa shape index (κ2) is 12.1. The van der Waals surface area contributed by atoms with E-state index in [-0.39, 0.29) is 5.91 Å². The number of benzene rings is 1. The Bertz CT molecular complexity index is 439. The van der Waals surface area contributed by atoms with Gasteiger partial charge in [0, 0.05) is 19.2 Å². The maximum absolute atomic E-state index is 10.6. The number of aliphatic hydroxyl groups is 1. The zero-order chi connectivity index (χ0) is 17.0. The first-order valence-electron chi connectivity index (χ1n) is 7.18. The van der Waals surface area contributed by atoms with Crippen LogP contribution < -0.4 is 5.32 Å². The normalized spacial score (nSPS) is 12.5. The van der Waals surface area contributed by atoms with Crippen molar-refractivity contribution in [2.45, 2.75) is 32.8 Å². The number of nitrogens with one attached hydrogen (secondary N) is 1. The van der Waals surface area contributed by atoms with Crippen molar-refractivity contribution in [1.29, 1.82) is 0 Å². The van der Waals surface area contributed by atoms with Crippen LogP contribution in [0.3, 0.4) is 0 Å². The molecule has 0 spiro atoms. The highest BCUT2D eigenvalue weighted by Gasteiger charge is 2.20. The van der Waals surface area contributed by atoms with Crippen LogP contribution in [0.1, 0.15) is 25.8 Å². The Morgan fingerprint density at radius 3 is 2.27 bits per heavy atom. The van der Waals surface area contributed by atoms with E-state index in [0.717, 1.165) is 5.56 Å². The van der Waals surface area contributed by atoms with Crippen molar-refractivity contribution < 1.29 is 19.8 Å². The predicted octanol–water partition coefficient (Wildman–Crippen LogP) is 1.75. The number of hydrogen-bond donors (Lipinski definition) is 4. The minimum atomic E-state index is -0.949. The van der Waals surface area contributed by atoms with E-state index in [1.807, 2.05) is 30.3 Å². The molecule has 0 radical (unpaired) electrons. The Kier molecular flexibility index (Phi) is 11.2. The van der Waals surface area contributed by atoms with E-state index in [0.29, 0.717) is 25.1 Å². The summed E-state index contributed by atoms with van der Waals surface area (Å²) in [4.78, 5) is 20.6. The lowest BCUT2D eigenvalue weighted by molar-refractivity contribution is -0.144. The molecule has 5 nitrogen and oxygen atoms in total. The Morgan fingerprint density at radius 2 is 1.86 bits per heavy atom. The fraction of sp³-hybridized carbons (Fsp3) is 0.500. The number of carboxylic acids is 1. The summed E-state index contributed by atoms with van der Waals surface area (Å²) in [5, 5.41) is 20.8. The Hall–Kier alpha value is -1.53. The van der Waals surface area contributed by atoms with E-state index < -0.39 is 18.0 Å². The highest BCUT2D eigenvalue weighted by molar-refractivity contribution is 7.80. The summed E-state index contributed by atoms with van der Waals surface area (Å²) in [6.07, 6.45) is 0.416. The van der Waals surface area contributed by atoms with Crippen LogP contribution in [0.5, 0.6) is 0 Å². The van der Waals surface area contributed by atoms with Crippen LogP contribution in [0.2, 0.25) is 0 Å². The van der Waals surface area contributed by atoms with Gasteiger partial charge in [-0.25, -0.2) is 0 Å². The lowest BCUT2D eigenvalue weighted by Crippen LogP contribution is -2.25. The Balaban J connectivity index is 0.000000534. The first kappa shape index (κ1) is 20.5. The average Bonchev–Trinajstić information content (AvgIpc) is 2.51. The van der Waals surface area contributed by atoms with Gasteiger partial charge in [0.1, 0.15) is 0 Å². The largest absolute Gasteiger partial charge is 0.481 e. The van der Waals surface area contributed by atoms with Crippen LogP contribution >= 0.6 is 12.6 Å². The smallest absolute Gasteiger partial charge is 0.308 e. The first-order chi connectivity index (χ1) is 10.4. The van der Waals surface area contributed by atoms with Gasteiger partial charge in [-0.2, -0.15) is 12.6 Å². The van der Waals surface area contributed by atoms with Gasteiger partial charge in [0.25, 0.3) is 0 Å². The minimum absolute atomic E-state index is 0.00838. The molecule has 0 aromatic heterocycles. The third-order valence-corrected chi connectivity index (χ3v) is 3.25. The Morgan fingerprint density at radius 1 is 1.27 bits per heavy atom. The molecule has 3 N–H and O–H groups in total. The molecule has 124 valence electrons. The fourth-order valence-electron chi connectivity index (χ4n) is 1.61. The van der Waals surface area contributed by atoms with Crippen LogP contribution in [0.15, 0.2) is 30.3 Å². The van der Waals surface area contributed by atoms with Gasteiger partial charge in [-0.1, -0.05) is 30.3 Å². The molecule has 1 rings (SSSR count). The average molecular weight is 327 g/mol. The molecule has 0 heterocycles. The summed E-state index contributed by atoms with van der Waals surface area (Å²) >= 11 is 3.88. The molecule has 0 aliphatic carbocycles. The number of rotatable bonds is 7. The third-order valence-electron chi connectivity index (χ3n) is 3.02. The van der Waals surface area contributed by atoms with Crippen LogP contribution in [0.4, 0.5) is 0 Å². The second-order valence-corrected chi connectivity index (χ2v) is 5.37. The molecule has 6 heteroatoms. The monoisotopic (exact) mass is 327 g/mol. The zero-order valence-corrected chi connectivity index (χ0v) is 13.9. The van der Waals surface area contributed by atoms with E-state index in [9.17, 15) is 14.7 Å². The maximum atomic E-state index is 10.6.